The molecule has 2 rings (SSSR count). The summed E-state index contributed by atoms with van der Waals surface area (Å²) in [5.74, 6) is -1.51. The molecule has 7 heteroatoms. The van der Waals surface area contributed by atoms with Gasteiger partial charge >= 0.3 is 11.9 Å². The number of esters is 2. The van der Waals surface area contributed by atoms with Crippen LogP contribution in [0, 0.1) is 12.8 Å². The molecule has 0 unspecified atom stereocenters. The van der Waals surface area contributed by atoms with Gasteiger partial charge in [0.2, 0.25) is 5.91 Å². The van der Waals surface area contributed by atoms with E-state index in [1.807, 2.05) is 43.1 Å². The van der Waals surface area contributed by atoms with Gasteiger partial charge in [0.25, 0.3) is 0 Å². The predicted molar refractivity (Wildman–Crippen MR) is 104 cm³/mol. The summed E-state index contributed by atoms with van der Waals surface area (Å²) in [6.45, 7) is 5.65. The Labute approximate surface area is 166 Å². The summed E-state index contributed by atoms with van der Waals surface area (Å²) < 4.78 is 9.98. The highest BCUT2D eigenvalue weighted by atomic mass is 16.5. The van der Waals surface area contributed by atoms with Crippen LogP contribution in [-0.4, -0.2) is 67.5 Å². The van der Waals surface area contributed by atoms with Gasteiger partial charge in [0.05, 0.1) is 19.6 Å². The van der Waals surface area contributed by atoms with E-state index in [1.54, 1.807) is 20.9 Å². The lowest BCUT2D eigenvalue weighted by Gasteiger charge is -2.34. The summed E-state index contributed by atoms with van der Waals surface area (Å²) in [5, 5.41) is 0. The molecule has 0 aromatic heterocycles. The summed E-state index contributed by atoms with van der Waals surface area (Å²) in [5.41, 5.74) is 1.09. The van der Waals surface area contributed by atoms with Crippen molar-refractivity contribution in [1.29, 1.82) is 0 Å². The maximum Gasteiger partial charge on any atom is 0.326 e. The quantitative estimate of drug-likeness (QED) is 0.691. The lowest BCUT2D eigenvalue weighted by atomic mass is 9.87. The normalized spacial score (nSPS) is 24.6. The Morgan fingerprint density at radius 2 is 1.93 bits per heavy atom. The molecule has 1 saturated heterocycles. The van der Waals surface area contributed by atoms with E-state index in [-0.39, 0.29) is 31.1 Å². The molecule has 3 atom stereocenters. The van der Waals surface area contributed by atoms with Crippen molar-refractivity contribution >= 4 is 17.8 Å². The smallest absolute Gasteiger partial charge is 0.326 e. The molecule has 0 saturated carbocycles. The van der Waals surface area contributed by atoms with Crippen LogP contribution in [0.4, 0.5) is 0 Å². The number of hydrogen-bond acceptors (Lipinski definition) is 6. The molecular formula is C21H30N2O5. The monoisotopic (exact) mass is 390 g/mol. The second-order valence-electron chi connectivity index (χ2n) is 7.49. The van der Waals surface area contributed by atoms with Crippen molar-refractivity contribution in [2.24, 2.45) is 5.92 Å². The molecule has 1 aliphatic rings. The van der Waals surface area contributed by atoms with Crippen molar-refractivity contribution < 1.29 is 23.9 Å². The van der Waals surface area contributed by atoms with Crippen LogP contribution in [0.2, 0.25) is 0 Å². The number of carbonyl (C=O) groups excluding carboxylic acids is 3. The van der Waals surface area contributed by atoms with E-state index in [4.69, 9.17) is 9.47 Å². The summed E-state index contributed by atoms with van der Waals surface area (Å²) in [6.07, 6.45) is 0.307. The molecule has 7 nitrogen and oxygen atoms in total. The average Bonchev–Trinajstić information content (AvgIpc) is 2.93. The maximum atomic E-state index is 13.3. The van der Waals surface area contributed by atoms with Gasteiger partial charge in [-0.1, -0.05) is 24.3 Å². The molecule has 1 aromatic rings. The van der Waals surface area contributed by atoms with Crippen molar-refractivity contribution in [2.75, 3.05) is 34.4 Å². The number of hydrogen-bond donors (Lipinski definition) is 0. The van der Waals surface area contributed by atoms with E-state index >= 15 is 0 Å². The number of amides is 1. The fraction of sp³-hybridized carbons (Fsp3) is 0.571. The Morgan fingerprint density at radius 3 is 2.50 bits per heavy atom. The van der Waals surface area contributed by atoms with Crippen LogP contribution >= 0.6 is 0 Å². The van der Waals surface area contributed by atoms with Crippen LogP contribution in [-0.2, 0) is 23.9 Å². The van der Waals surface area contributed by atoms with Crippen LogP contribution in [0.3, 0.4) is 0 Å². The summed E-state index contributed by atoms with van der Waals surface area (Å²) in [6, 6.07) is 7.53. The number of benzene rings is 1. The van der Waals surface area contributed by atoms with E-state index in [2.05, 4.69) is 0 Å². The minimum atomic E-state index is -0.938. The second kappa shape index (κ2) is 8.73. The molecule has 0 spiro atoms. The van der Waals surface area contributed by atoms with Gasteiger partial charge in [-0.3, -0.25) is 19.3 Å². The zero-order valence-electron chi connectivity index (χ0n) is 17.5. The third kappa shape index (κ3) is 4.04. The number of carbonyl (C=O) groups is 3. The number of likely N-dealkylation sites (N-methyl/N-ethyl adjacent to an activating group) is 2. The molecule has 1 heterocycles. The van der Waals surface area contributed by atoms with Crippen molar-refractivity contribution in [3.05, 3.63) is 35.4 Å². The summed E-state index contributed by atoms with van der Waals surface area (Å²) in [4.78, 5) is 40.9. The van der Waals surface area contributed by atoms with Gasteiger partial charge in [0.1, 0.15) is 12.1 Å². The number of ether oxygens (including phenoxy) is 2. The third-order valence-electron chi connectivity index (χ3n) is 5.69. The van der Waals surface area contributed by atoms with E-state index in [0.717, 1.165) is 11.1 Å². The minimum absolute atomic E-state index is 0.123. The molecule has 1 aliphatic heterocycles. The van der Waals surface area contributed by atoms with Crippen LogP contribution in [0.1, 0.15) is 37.4 Å². The molecule has 0 aliphatic carbocycles. The van der Waals surface area contributed by atoms with Gasteiger partial charge in [0.15, 0.2) is 0 Å². The second-order valence-corrected chi connectivity index (χ2v) is 7.49. The number of aryl methyl sites for hydroxylation is 1. The first-order valence-electron chi connectivity index (χ1n) is 9.44. The predicted octanol–water partition coefficient (Wildman–Crippen LogP) is 1.94. The van der Waals surface area contributed by atoms with Crippen LogP contribution in [0.25, 0.3) is 0 Å². The van der Waals surface area contributed by atoms with Crippen molar-refractivity contribution in [3.8, 4) is 0 Å². The van der Waals surface area contributed by atoms with Gasteiger partial charge in [0, 0.05) is 13.1 Å². The summed E-state index contributed by atoms with van der Waals surface area (Å²) >= 11 is 0. The molecule has 1 aromatic carbocycles. The Morgan fingerprint density at radius 1 is 1.29 bits per heavy atom. The zero-order chi connectivity index (χ0) is 21.1. The largest absolute Gasteiger partial charge is 0.468 e. The van der Waals surface area contributed by atoms with E-state index < -0.39 is 17.4 Å². The fourth-order valence-electron chi connectivity index (χ4n) is 4.04. The average molecular weight is 390 g/mol. The number of nitrogens with zero attached hydrogens (tertiary/aromatic N) is 2. The highest BCUT2D eigenvalue weighted by Gasteiger charge is 2.55. The SMILES string of the molecule is CCOC(=O)CN(C)C(=O)[C@H]1C[C@@](C)(C(=O)OC)N(C)[C@H]1c1ccccc1C. The molecule has 0 bridgehead atoms. The van der Waals surface area contributed by atoms with E-state index in [9.17, 15) is 14.4 Å². The van der Waals surface area contributed by atoms with Crippen molar-refractivity contribution in [2.45, 2.75) is 38.8 Å². The molecule has 1 fully saturated rings. The Balaban J connectivity index is 2.41. The molecule has 0 radical (unpaired) electrons. The van der Waals surface area contributed by atoms with Crippen molar-refractivity contribution in [1.82, 2.24) is 9.80 Å². The number of methoxy groups -OCH3 is 1. The van der Waals surface area contributed by atoms with Crippen LogP contribution in [0.15, 0.2) is 24.3 Å². The van der Waals surface area contributed by atoms with Crippen LogP contribution in [0.5, 0.6) is 0 Å². The number of rotatable bonds is 6. The highest BCUT2D eigenvalue weighted by molar-refractivity contribution is 5.87. The van der Waals surface area contributed by atoms with Gasteiger partial charge in [-0.2, -0.15) is 0 Å². The Bertz CT molecular complexity index is 750. The van der Waals surface area contributed by atoms with Crippen LogP contribution < -0.4 is 0 Å². The third-order valence-corrected chi connectivity index (χ3v) is 5.69. The standard InChI is InChI=1S/C21H30N2O5/c1-7-28-17(24)13-22(4)19(25)16-12-21(3,20(26)27-6)23(5)18(16)15-11-9-8-10-14(15)2/h8-11,16,18H,7,12-13H2,1-6H3/t16-,18-,21-/m0/s1. The Kier molecular flexibility index (Phi) is 6.82. The molecule has 0 N–H and O–H groups in total. The first kappa shape index (κ1) is 21.9. The van der Waals surface area contributed by atoms with Gasteiger partial charge in [-0.05, 0) is 45.4 Å². The molecular weight excluding hydrogens is 360 g/mol. The van der Waals surface area contributed by atoms with Gasteiger partial charge in [-0.25, -0.2) is 0 Å². The molecule has 28 heavy (non-hydrogen) atoms. The Hall–Kier alpha value is -2.41. The molecule has 154 valence electrons. The van der Waals surface area contributed by atoms with E-state index in [0.29, 0.717) is 6.42 Å². The van der Waals surface area contributed by atoms with Crippen molar-refractivity contribution in [3.63, 3.8) is 0 Å². The number of likely N-dealkylation sites (tertiary alicyclic amines) is 1. The van der Waals surface area contributed by atoms with Gasteiger partial charge < -0.3 is 14.4 Å². The lowest BCUT2D eigenvalue weighted by molar-refractivity contribution is -0.152. The first-order chi connectivity index (χ1) is 13.2. The maximum absolute atomic E-state index is 13.3. The topological polar surface area (TPSA) is 76.1 Å². The fourth-order valence-corrected chi connectivity index (χ4v) is 4.04. The lowest BCUT2D eigenvalue weighted by Crippen LogP contribution is -2.47. The highest BCUT2D eigenvalue weighted by Crippen LogP contribution is 2.47. The first-order valence-corrected chi connectivity index (χ1v) is 9.44. The van der Waals surface area contributed by atoms with Gasteiger partial charge in [-0.15, -0.1) is 0 Å². The zero-order valence-corrected chi connectivity index (χ0v) is 17.5. The molecule has 1 amide bonds. The summed E-state index contributed by atoms with van der Waals surface area (Å²) in [7, 11) is 4.78. The van der Waals surface area contributed by atoms with E-state index in [1.165, 1.54) is 12.0 Å². The minimum Gasteiger partial charge on any atom is -0.468 e.